The molecule has 0 bridgehead atoms. The van der Waals surface area contributed by atoms with Crippen LogP contribution in [0.5, 0.6) is 0 Å². The van der Waals surface area contributed by atoms with E-state index in [0.29, 0.717) is 12.5 Å². The van der Waals surface area contributed by atoms with Crippen molar-refractivity contribution >= 4 is 16.3 Å². The van der Waals surface area contributed by atoms with Gasteiger partial charge in [0.1, 0.15) is 5.60 Å². The molecule has 7 heteroatoms. The lowest BCUT2D eigenvalue weighted by Crippen LogP contribution is -2.40. The summed E-state index contributed by atoms with van der Waals surface area (Å²) in [6, 6.07) is -0.127. The summed E-state index contributed by atoms with van der Waals surface area (Å²) in [5.74, 6) is 0.299. The monoisotopic (exact) mass is 302 g/mol. The second-order valence-electron chi connectivity index (χ2n) is 6.37. The van der Waals surface area contributed by atoms with Crippen molar-refractivity contribution in [2.24, 2.45) is 5.92 Å². The van der Waals surface area contributed by atoms with Crippen LogP contribution in [0, 0.1) is 5.92 Å². The number of nitrogens with zero attached hydrogens (tertiary/aromatic N) is 2. The highest BCUT2D eigenvalue weighted by molar-refractivity contribution is 7.87. The van der Waals surface area contributed by atoms with Crippen molar-refractivity contribution in [3.05, 3.63) is 12.7 Å². The third kappa shape index (κ3) is 2.83. The lowest BCUT2D eigenvalue weighted by Gasteiger charge is -2.24. The molecular weight excluding hydrogens is 280 g/mol. The number of ether oxygens (including phenoxy) is 1. The maximum Gasteiger partial charge on any atom is 0.425 e. The number of carbonyl (C=O) groups excluding carboxylic acids is 1. The van der Waals surface area contributed by atoms with Crippen molar-refractivity contribution in [3.8, 4) is 0 Å². The third-order valence-electron chi connectivity index (χ3n) is 3.50. The average Bonchev–Trinajstić information content (AvgIpc) is 2.76. The van der Waals surface area contributed by atoms with E-state index in [0.717, 1.165) is 17.1 Å². The molecule has 0 aliphatic carbocycles. The van der Waals surface area contributed by atoms with Gasteiger partial charge >= 0.3 is 16.3 Å². The Kier molecular flexibility index (Phi) is 3.85. The molecule has 2 atom stereocenters. The largest absolute Gasteiger partial charge is 0.443 e. The molecule has 2 aliphatic heterocycles. The highest BCUT2D eigenvalue weighted by Crippen LogP contribution is 2.36. The Hall–Kier alpha value is -1.08. The Morgan fingerprint density at radius 2 is 2.05 bits per heavy atom. The molecule has 0 aromatic rings. The van der Waals surface area contributed by atoms with Gasteiger partial charge in [-0.2, -0.15) is 17.0 Å². The Balaban J connectivity index is 2.11. The standard InChI is InChI=1S/C13H22N2O4S/c1-5-6-10-7-11-9-15(12(16)19-13(2,3)4)20(17,18)14(11)8-10/h5,10-11H,1,6-9H2,2-4H3/t10-,11-/m0/s1. The molecule has 0 spiro atoms. The minimum atomic E-state index is -3.73. The first-order valence-electron chi connectivity index (χ1n) is 6.78. The SMILES string of the molecule is C=CC[C@H]1C[C@H]2CN(C(=O)OC(C)(C)C)S(=O)(=O)N2C1. The minimum absolute atomic E-state index is 0.127. The number of carbonyl (C=O) groups is 1. The van der Waals surface area contributed by atoms with Crippen LogP contribution in [0.2, 0.25) is 0 Å². The van der Waals surface area contributed by atoms with E-state index in [-0.39, 0.29) is 12.6 Å². The van der Waals surface area contributed by atoms with E-state index in [1.807, 2.05) is 6.08 Å². The Bertz CT molecular complexity index is 509. The van der Waals surface area contributed by atoms with E-state index in [4.69, 9.17) is 4.74 Å². The molecular formula is C13H22N2O4S. The van der Waals surface area contributed by atoms with Crippen molar-refractivity contribution in [1.82, 2.24) is 8.61 Å². The molecule has 0 aromatic heterocycles. The molecule has 0 saturated carbocycles. The fourth-order valence-corrected chi connectivity index (χ4v) is 4.50. The van der Waals surface area contributed by atoms with Crippen molar-refractivity contribution in [1.29, 1.82) is 0 Å². The molecule has 2 saturated heterocycles. The van der Waals surface area contributed by atoms with Gasteiger partial charge in [0.25, 0.3) is 0 Å². The number of rotatable bonds is 2. The van der Waals surface area contributed by atoms with Gasteiger partial charge in [-0.3, -0.25) is 0 Å². The molecule has 0 aromatic carbocycles. The first-order chi connectivity index (χ1) is 9.15. The van der Waals surface area contributed by atoms with Crippen LogP contribution in [0.15, 0.2) is 12.7 Å². The van der Waals surface area contributed by atoms with Crippen LogP contribution in [0.25, 0.3) is 0 Å². The van der Waals surface area contributed by atoms with E-state index in [1.165, 1.54) is 4.31 Å². The number of hydrogen-bond donors (Lipinski definition) is 0. The number of amides is 1. The van der Waals surface area contributed by atoms with E-state index in [1.54, 1.807) is 20.8 Å². The topological polar surface area (TPSA) is 66.9 Å². The highest BCUT2D eigenvalue weighted by atomic mass is 32.2. The first kappa shape index (κ1) is 15.3. The molecule has 114 valence electrons. The Morgan fingerprint density at radius 1 is 1.40 bits per heavy atom. The maximum atomic E-state index is 12.4. The lowest BCUT2D eigenvalue weighted by atomic mass is 10.0. The zero-order valence-electron chi connectivity index (χ0n) is 12.2. The molecule has 6 nitrogen and oxygen atoms in total. The van der Waals surface area contributed by atoms with Gasteiger partial charge < -0.3 is 4.74 Å². The predicted molar refractivity (Wildman–Crippen MR) is 75.3 cm³/mol. The normalized spacial score (nSPS) is 29.2. The molecule has 1 amide bonds. The minimum Gasteiger partial charge on any atom is -0.443 e. The third-order valence-corrected chi connectivity index (χ3v) is 5.39. The molecule has 2 fully saturated rings. The first-order valence-corrected chi connectivity index (χ1v) is 8.18. The Morgan fingerprint density at radius 3 is 2.55 bits per heavy atom. The van der Waals surface area contributed by atoms with Gasteiger partial charge in [0.15, 0.2) is 0 Å². The van der Waals surface area contributed by atoms with Crippen LogP contribution in [0.4, 0.5) is 4.79 Å². The smallest absolute Gasteiger partial charge is 0.425 e. The van der Waals surface area contributed by atoms with Crippen molar-refractivity contribution < 1.29 is 17.9 Å². The fraction of sp³-hybridized carbons (Fsp3) is 0.769. The summed E-state index contributed by atoms with van der Waals surface area (Å²) >= 11 is 0. The highest BCUT2D eigenvalue weighted by Gasteiger charge is 2.51. The molecule has 2 rings (SSSR count). The van der Waals surface area contributed by atoms with Gasteiger partial charge in [0, 0.05) is 12.6 Å². The second-order valence-corrected chi connectivity index (χ2v) is 8.17. The van der Waals surface area contributed by atoms with E-state index in [9.17, 15) is 13.2 Å². The van der Waals surface area contributed by atoms with Crippen LogP contribution in [-0.2, 0) is 14.9 Å². The summed E-state index contributed by atoms with van der Waals surface area (Å²) in [6.07, 6.45) is 2.59. The van der Waals surface area contributed by atoms with E-state index < -0.39 is 21.9 Å². The maximum absolute atomic E-state index is 12.4. The van der Waals surface area contributed by atoms with Crippen molar-refractivity contribution in [3.63, 3.8) is 0 Å². The fourth-order valence-electron chi connectivity index (χ4n) is 2.73. The molecule has 2 aliphatic rings. The van der Waals surface area contributed by atoms with Gasteiger partial charge in [0.2, 0.25) is 0 Å². The summed E-state index contributed by atoms with van der Waals surface area (Å²) in [4.78, 5) is 12.0. The predicted octanol–water partition coefficient (Wildman–Crippen LogP) is 1.75. The van der Waals surface area contributed by atoms with Crippen LogP contribution >= 0.6 is 0 Å². The van der Waals surface area contributed by atoms with Crippen LogP contribution < -0.4 is 0 Å². The summed E-state index contributed by atoms with van der Waals surface area (Å²) in [6.45, 7) is 9.48. The summed E-state index contributed by atoms with van der Waals surface area (Å²) in [5.41, 5.74) is -0.703. The summed E-state index contributed by atoms with van der Waals surface area (Å²) < 4.78 is 32.2. The van der Waals surface area contributed by atoms with Crippen LogP contribution in [0.3, 0.4) is 0 Å². The van der Waals surface area contributed by atoms with Crippen molar-refractivity contribution in [2.75, 3.05) is 13.1 Å². The summed E-state index contributed by atoms with van der Waals surface area (Å²) in [7, 11) is -3.73. The molecule has 2 heterocycles. The van der Waals surface area contributed by atoms with Crippen LogP contribution in [-0.4, -0.2) is 47.9 Å². The summed E-state index contributed by atoms with van der Waals surface area (Å²) in [5, 5.41) is 0. The average molecular weight is 302 g/mol. The Labute approximate surface area is 120 Å². The second kappa shape index (κ2) is 5.04. The van der Waals surface area contributed by atoms with Gasteiger partial charge in [-0.15, -0.1) is 6.58 Å². The zero-order chi connectivity index (χ0) is 15.1. The number of fused-ring (bicyclic) bond motifs is 1. The van der Waals surface area contributed by atoms with E-state index >= 15 is 0 Å². The van der Waals surface area contributed by atoms with Gasteiger partial charge in [-0.05, 0) is 39.5 Å². The molecule has 20 heavy (non-hydrogen) atoms. The van der Waals surface area contributed by atoms with Crippen LogP contribution in [0.1, 0.15) is 33.6 Å². The molecule has 0 radical (unpaired) electrons. The molecule has 0 unspecified atom stereocenters. The quantitative estimate of drug-likeness (QED) is 0.729. The van der Waals surface area contributed by atoms with Gasteiger partial charge in [-0.1, -0.05) is 6.08 Å². The number of hydrogen-bond acceptors (Lipinski definition) is 4. The molecule has 0 N–H and O–H groups in total. The van der Waals surface area contributed by atoms with Crippen molar-refractivity contribution in [2.45, 2.75) is 45.3 Å². The lowest BCUT2D eigenvalue weighted by molar-refractivity contribution is 0.0397. The number of allylic oxidation sites excluding steroid dienone is 1. The van der Waals surface area contributed by atoms with E-state index in [2.05, 4.69) is 6.58 Å². The van der Waals surface area contributed by atoms with Gasteiger partial charge in [-0.25, -0.2) is 4.79 Å². The van der Waals surface area contributed by atoms with Gasteiger partial charge in [0.05, 0.1) is 6.54 Å². The zero-order valence-corrected chi connectivity index (χ0v) is 13.0.